The number of aromatic nitrogens is 2. The van der Waals surface area contributed by atoms with Crippen LogP contribution in [0.2, 0.25) is 0 Å². The lowest BCUT2D eigenvalue weighted by atomic mass is 10.3. The molecule has 0 fully saturated rings. The maximum atomic E-state index is 4.98. The Balaban J connectivity index is 2.02. The molecule has 4 nitrogen and oxygen atoms in total. The zero-order chi connectivity index (χ0) is 10.1. The van der Waals surface area contributed by atoms with E-state index in [1.54, 1.807) is 12.4 Å². The third-order valence-corrected chi connectivity index (χ3v) is 1.68. The average molecular weight is 193 g/mol. The van der Waals surface area contributed by atoms with E-state index in [0.29, 0.717) is 6.61 Å². The van der Waals surface area contributed by atoms with Crippen LogP contribution in [0.4, 0.5) is 0 Å². The van der Waals surface area contributed by atoms with E-state index < -0.39 is 0 Å². The molecule has 14 heavy (non-hydrogen) atoms. The fraction of sp³-hybridized carbons (Fsp3) is 0.400. The van der Waals surface area contributed by atoms with E-state index in [1.807, 2.05) is 0 Å². The molecule has 0 spiro atoms. The highest BCUT2D eigenvalue weighted by molar-refractivity contribution is 5.01. The molecule has 0 aliphatic carbocycles. The van der Waals surface area contributed by atoms with Crippen molar-refractivity contribution >= 4 is 0 Å². The zero-order valence-electron chi connectivity index (χ0n) is 8.15. The summed E-state index contributed by atoms with van der Waals surface area (Å²) < 4.78 is 4.98. The lowest BCUT2D eigenvalue weighted by Gasteiger charge is -2.03. The molecule has 0 saturated heterocycles. The van der Waals surface area contributed by atoms with Gasteiger partial charge in [-0.1, -0.05) is 6.58 Å². The van der Waals surface area contributed by atoms with Gasteiger partial charge in [0.15, 0.2) is 0 Å². The zero-order valence-corrected chi connectivity index (χ0v) is 8.15. The molecule has 0 bridgehead atoms. The monoisotopic (exact) mass is 193 g/mol. The number of nitrogens with one attached hydrogen (secondary N) is 1. The maximum absolute atomic E-state index is 4.98. The van der Waals surface area contributed by atoms with E-state index in [-0.39, 0.29) is 0 Å². The van der Waals surface area contributed by atoms with E-state index in [2.05, 4.69) is 21.9 Å². The summed E-state index contributed by atoms with van der Waals surface area (Å²) in [6, 6.07) is 0. The molecule has 4 heteroatoms. The quantitative estimate of drug-likeness (QED) is 0.520. The van der Waals surface area contributed by atoms with Crippen LogP contribution in [0.3, 0.4) is 0 Å². The van der Waals surface area contributed by atoms with Crippen molar-refractivity contribution in [1.29, 1.82) is 0 Å². The van der Waals surface area contributed by atoms with Gasteiger partial charge in [-0.05, 0) is 13.0 Å². The summed E-state index contributed by atoms with van der Waals surface area (Å²) in [6.07, 6.45) is 7.58. The highest BCUT2D eigenvalue weighted by Gasteiger charge is 1.91. The Morgan fingerprint density at radius 1 is 1.43 bits per heavy atom. The first-order valence-electron chi connectivity index (χ1n) is 4.60. The van der Waals surface area contributed by atoms with Crippen molar-refractivity contribution < 1.29 is 4.74 Å². The van der Waals surface area contributed by atoms with E-state index in [9.17, 15) is 0 Å². The molecule has 0 aliphatic heterocycles. The third-order valence-electron chi connectivity index (χ3n) is 1.68. The van der Waals surface area contributed by atoms with Crippen LogP contribution >= 0.6 is 0 Å². The smallest absolute Gasteiger partial charge is 0.115 e. The minimum absolute atomic E-state index is 0.710. The largest absolute Gasteiger partial charge is 0.502 e. The first kappa shape index (κ1) is 10.7. The van der Waals surface area contributed by atoms with Gasteiger partial charge in [0, 0.05) is 24.5 Å². The van der Waals surface area contributed by atoms with E-state index in [4.69, 9.17) is 4.74 Å². The second-order valence-corrected chi connectivity index (χ2v) is 2.81. The Morgan fingerprint density at radius 3 is 2.93 bits per heavy atom. The van der Waals surface area contributed by atoms with Gasteiger partial charge in [-0.15, -0.1) is 0 Å². The Labute approximate surface area is 84.0 Å². The Bertz CT molecular complexity index is 251. The summed E-state index contributed by atoms with van der Waals surface area (Å²) in [6.45, 7) is 5.90. The number of nitrogens with zero attached hydrogens (tertiary/aromatic N) is 2. The van der Waals surface area contributed by atoms with Gasteiger partial charge in [0.25, 0.3) is 0 Å². The highest BCUT2D eigenvalue weighted by Crippen LogP contribution is 1.91. The topological polar surface area (TPSA) is 47.0 Å². The van der Waals surface area contributed by atoms with Crippen LogP contribution in [-0.2, 0) is 11.3 Å². The van der Waals surface area contributed by atoms with Crippen LogP contribution < -0.4 is 5.32 Å². The van der Waals surface area contributed by atoms with Gasteiger partial charge in [-0.3, -0.25) is 0 Å². The van der Waals surface area contributed by atoms with Crippen LogP contribution in [0.5, 0.6) is 0 Å². The SMILES string of the molecule is C=COCCCNCc1cncnc1. The number of hydrogen-bond acceptors (Lipinski definition) is 4. The van der Waals surface area contributed by atoms with Crippen LogP contribution in [0, 0.1) is 0 Å². The minimum Gasteiger partial charge on any atom is -0.502 e. The standard InChI is InChI=1S/C10H15N3O/c1-2-14-5-3-4-11-6-10-7-12-9-13-8-10/h2,7-9,11H,1,3-6H2. The van der Waals surface area contributed by atoms with Gasteiger partial charge in [0.1, 0.15) is 6.33 Å². The fourth-order valence-corrected chi connectivity index (χ4v) is 1.02. The normalized spacial score (nSPS) is 9.71. The molecular formula is C10H15N3O. The maximum Gasteiger partial charge on any atom is 0.115 e. The van der Waals surface area contributed by atoms with E-state index >= 15 is 0 Å². The predicted molar refractivity (Wildman–Crippen MR) is 54.5 cm³/mol. The molecule has 0 radical (unpaired) electrons. The average Bonchev–Trinajstić information content (AvgIpc) is 2.25. The molecular weight excluding hydrogens is 178 g/mol. The summed E-state index contributed by atoms with van der Waals surface area (Å²) in [5.74, 6) is 0. The molecule has 1 N–H and O–H groups in total. The lowest BCUT2D eigenvalue weighted by molar-refractivity contribution is 0.244. The van der Waals surface area contributed by atoms with Crippen LogP contribution in [0.1, 0.15) is 12.0 Å². The van der Waals surface area contributed by atoms with Crippen molar-refractivity contribution in [2.45, 2.75) is 13.0 Å². The molecule has 0 unspecified atom stereocenters. The summed E-state index contributed by atoms with van der Waals surface area (Å²) in [4.78, 5) is 7.85. The Morgan fingerprint density at radius 2 is 2.21 bits per heavy atom. The van der Waals surface area contributed by atoms with Crippen molar-refractivity contribution in [3.05, 3.63) is 37.1 Å². The first-order valence-corrected chi connectivity index (χ1v) is 4.60. The summed E-state index contributed by atoms with van der Waals surface area (Å²) >= 11 is 0. The molecule has 1 aromatic rings. The summed E-state index contributed by atoms with van der Waals surface area (Å²) in [5.41, 5.74) is 1.09. The van der Waals surface area contributed by atoms with E-state index in [0.717, 1.165) is 25.1 Å². The number of ether oxygens (including phenoxy) is 1. The molecule has 0 saturated carbocycles. The van der Waals surface area contributed by atoms with Gasteiger partial charge in [-0.25, -0.2) is 9.97 Å². The van der Waals surface area contributed by atoms with Crippen LogP contribution in [0.25, 0.3) is 0 Å². The van der Waals surface area contributed by atoms with Crippen molar-refractivity contribution in [3.8, 4) is 0 Å². The molecule has 1 rings (SSSR count). The van der Waals surface area contributed by atoms with Crippen molar-refractivity contribution in [1.82, 2.24) is 15.3 Å². The number of hydrogen-bond donors (Lipinski definition) is 1. The Hall–Kier alpha value is -1.42. The number of rotatable bonds is 7. The predicted octanol–water partition coefficient (Wildman–Crippen LogP) is 1.12. The van der Waals surface area contributed by atoms with Gasteiger partial charge in [-0.2, -0.15) is 0 Å². The summed E-state index contributed by atoms with van der Waals surface area (Å²) in [7, 11) is 0. The van der Waals surface area contributed by atoms with E-state index in [1.165, 1.54) is 12.6 Å². The second-order valence-electron chi connectivity index (χ2n) is 2.81. The van der Waals surface area contributed by atoms with Crippen molar-refractivity contribution in [3.63, 3.8) is 0 Å². The van der Waals surface area contributed by atoms with Gasteiger partial charge in [0.05, 0.1) is 12.9 Å². The molecule has 0 aliphatic rings. The Kier molecular flexibility index (Phi) is 5.35. The first-order chi connectivity index (χ1) is 6.93. The minimum atomic E-state index is 0.710. The molecule has 1 heterocycles. The molecule has 76 valence electrons. The van der Waals surface area contributed by atoms with Gasteiger partial charge in [0.2, 0.25) is 0 Å². The fourth-order valence-electron chi connectivity index (χ4n) is 1.02. The van der Waals surface area contributed by atoms with Crippen molar-refractivity contribution in [2.24, 2.45) is 0 Å². The molecule has 0 amide bonds. The summed E-state index contributed by atoms with van der Waals surface area (Å²) in [5, 5.41) is 3.27. The third kappa shape index (κ3) is 4.57. The molecule has 1 aromatic heterocycles. The lowest BCUT2D eigenvalue weighted by Crippen LogP contribution is -2.16. The molecule has 0 aromatic carbocycles. The second kappa shape index (κ2) is 7.03. The van der Waals surface area contributed by atoms with Crippen LogP contribution in [-0.4, -0.2) is 23.1 Å². The highest BCUT2D eigenvalue weighted by atomic mass is 16.5. The van der Waals surface area contributed by atoms with Gasteiger partial charge < -0.3 is 10.1 Å². The van der Waals surface area contributed by atoms with Crippen LogP contribution in [0.15, 0.2) is 31.6 Å². The van der Waals surface area contributed by atoms with Crippen molar-refractivity contribution in [2.75, 3.05) is 13.2 Å². The molecule has 0 atom stereocenters. The van der Waals surface area contributed by atoms with Gasteiger partial charge >= 0.3 is 0 Å².